The smallest absolute Gasteiger partial charge is 0.252 e. The van der Waals surface area contributed by atoms with Crippen molar-refractivity contribution in [1.29, 1.82) is 0 Å². The molecule has 0 N–H and O–H groups in total. The Morgan fingerprint density at radius 2 is 1.67 bits per heavy atom. The van der Waals surface area contributed by atoms with E-state index in [1.54, 1.807) is 11.9 Å². The third-order valence-corrected chi connectivity index (χ3v) is 4.14. The summed E-state index contributed by atoms with van der Waals surface area (Å²) >= 11 is 0. The molecule has 0 aromatic heterocycles. The first-order valence-corrected chi connectivity index (χ1v) is 7.11. The first kappa shape index (κ1) is 13.8. The summed E-state index contributed by atoms with van der Waals surface area (Å²) in [4.78, 5) is 13.5. The van der Waals surface area contributed by atoms with Crippen molar-refractivity contribution < 1.29 is 9.53 Å². The van der Waals surface area contributed by atoms with E-state index in [0.717, 1.165) is 16.8 Å². The lowest BCUT2D eigenvalue weighted by atomic mass is 9.98. The maximum atomic E-state index is 11.8. The molecule has 0 spiro atoms. The molecule has 2 aromatic rings. The quantitative estimate of drug-likeness (QED) is 0.801. The van der Waals surface area contributed by atoms with Crippen molar-refractivity contribution in [3.8, 4) is 11.1 Å². The second-order valence-electron chi connectivity index (χ2n) is 5.59. The Morgan fingerprint density at radius 3 is 2.43 bits per heavy atom. The molecule has 1 aliphatic rings. The van der Waals surface area contributed by atoms with Crippen LogP contribution in [-0.4, -0.2) is 19.6 Å². The number of ether oxygens (including phenoxy) is 1. The highest BCUT2D eigenvalue weighted by Crippen LogP contribution is 2.30. The first-order valence-electron chi connectivity index (χ1n) is 7.11. The number of rotatable bonds is 1. The number of nitrogens with zero attached hydrogens (tertiary/aromatic N) is 1. The van der Waals surface area contributed by atoms with Gasteiger partial charge in [-0.1, -0.05) is 24.3 Å². The fourth-order valence-corrected chi connectivity index (χ4v) is 2.61. The summed E-state index contributed by atoms with van der Waals surface area (Å²) in [5.74, 6) is -0.00678. The first-order chi connectivity index (χ1) is 10.1. The van der Waals surface area contributed by atoms with Crippen molar-refractivity contribution in [2.75, 3.05) is 18.6 Å². The predicted octanol–water partition coefficient (Wildman–Crippen LogP) is 3.46. The van der Waals surface area contributed by atoms with E-state index < -0.39 is 0 Å². The Morgan fingerprint density at radius 1 is 0.952 bits per heavy atom. The van der Waals surface area contributed by atoms with Crippen LogP contribution in [0.5, 0.6) is 0 Å². The Balaban J connectivity index is 2.04. The third-order valence-electron chi connectivity index (χ3n) is 4.14. The lowest BCUT2D eigenvalue weighted by molar-refractivity contribution is -0.122. The average Bonchev–Trinajstić information content (AvgIpc) is 2.62. The standard InChI is InChI=1S/C18H19NO2/c1-12-4-5-14(8-13(12)2)15-6-7-17-16(9-15)10-21-11-18(20)19(17)3/h4-9H,10-11H2,1-3H3. The number of carbonyl (C=O) groups is 1. The Bertz CT molecular complexity index is 706. The van der Waals surface area contributed by atoms with Gasteiger partial charge in [-0.2, -0.15) is 0 Å². The van der Waals surface area contributed by atoms with E-state index in [0.29, 0.717) is 6.61 Å². The largest absolute Gasteiger partial charge is 0.367 e. The van der Waals surface area contributed by atoms with Crippen LogP contribution in [0, 0.1) is 13.8 Å². The molecular formula is C18H19NO2. The van der Waals surface area contributed by atoms with Crippen LogP contribution >= 0.6 is 0 Å². The van der Waals surface area contributed by atoms with Gasteiger partial charge in [0, 0.05) is 18.3 Å². The molecule has 0 radical (unpaired) electrons. The van der Waals surface area contributed by atoms with Crippen molar-refractivity contribution in [2.24, 2.45) is 0 Å². The Hall–Kier alpha value is -2.13. The summed E-state index contributed by atoms with van der Waals surface area (Å²) in [5, 5.41) is 0. The van der Waals surface area contributed by atoms with E-state index in [4.69, 9.17) is 4.74 Å². The van der Waals surface area contributed by atoms with Crippen molar-refractivity contribution in [1.82, 2.24) is 0 Å². The zero-order valence-electron chi connectivity index (χ0n) is 12.6. The van der Waals surface area contributed by atoms with E-state index in [-0.39, 0.29) is 12.5 Å². The number of amides is 1. The van der Waals surface area contributed by atoms with Crippen LogP contribution in [-0.2, 0) is 16.1 Å². The molecular weight excluding hydrogens is 262 g/mol. The van der Waals surface area contributed by atoms with Gasteiger partial charge in [-0.05, 0) is 48.2 Å². The number of likely N-dealkylation sites (N-methyl/N-ethyl adjacent to an activating group) is 1. The minimum atomic E-state index is -0.00678. The lowest BCUT2D eigenvalue weighted by Gasteiger charge is -2.17. The van der Waals surface area contributed by atoms with E-state index >= 15 is 0 Å². The number of aryl methyl sites for hydroxylation is 2. The molecule has 0 fully saturated rings. The summed E-state index contributed by atoms with van der Waals surface area (Å²) in [5.41, 5.74) is 6.92. The molecule has 2 aromatic carbocycles. The molecule has 1 aliphatic heterocycles. The second-order valence-corrected chi connectivity index (χ2v) is 5.59. The minimum Gasteiger partial charge on any atom is -0.367 e. The average molecular weight is 281 g/mol. The molecule has 0 unspecified atom stereocenters. The monoisotopic (exact) mass is 281 g/mol. The minimum absolute atomic E-state index is 0.00678. The summed E-state index contributed by atoms with van der Waals surface area (Å²) in [6.07, 6.45) is 0. The van der Waals surface area contributed by atoms with Gasteiger partial charge in [0.1, 0.15) is 6.61 Å². The molecule has 3 heteroatoms. The normalized spacial score (nSPS) is 14.8. The molecule has 0 saturated carbocycles. The van der Waals surface area contributed by atoms with Gasteiger partial charge in [-0.15, -0.1) is 0 Å². The van der Waals surface area contributed by atoms with Crippen LogP contribution in [0.2, 0.25) is 0 Å². The molecule has 0 bridgehead atoms. The lowest BCUT2D eigenvalue weighted by Crippen LogP contribution is -2.28. The number of anilines is 1. The fraction of sp³-hybridized carbons (Fsp3) is 0.278. The maximum Gasteiger partial charge on any atom is 0.252 e. The SMILES string of the molecule is Cc1ccc(-c2ccc3c(c2)COCC(=O)N3C)cc1C. The van der Waals surface area contributed by atoms with E-state index in [1.807, 2.05) is 6.07 Å². The van der Waals surface area contributed by atoms with Crippen LogP contribution in [0.15, 0.2) is 36.4 Å². The molecule has 3 nitrogen and oxygen atoms in total. The fourth-order valence-electron chi connectivity index (χ4n) is 2.61. The Labute approximate surface area is 125 Å². The summed E-state index contributed by atoms with van der Waals surface area (Å²) in [7, 11) is 1.80. The van der Waals surface area contributed by atoms with Gasteiger partial charge in [0.2, 0.25) is 0 Å². The highest BCUT2D eigenvalue weighted by Gasteiger charge is 2.19. The van der Waals surface area contributed by atoms with E-state index in [9.17, 15) is 4.79 Å². The van der Waals surface area contributed by atoms with Gasteiger partial charge in [-0.25, -0.2) is 0 Å². The second kappa shape index (κ2) is 5.34. The van der Waals surface area contributed by atoms with Crippen LogP contribution in [0.25, 0.3) is 11.1 Å². The molecule has 0 aliphatic carbocycles. The zero-order chi connectivity index (χ0) is 15.0. The summed E-state index contributed by atoms with van der Waals surface area (Å²) < 4.78 is 5.45. The highest BCUT2D eigenvalue weighted by molar-refractivity contribution is 5.95. The third kappa shape index (κ3) is 2.57. The van der Waals surface area contributed by atoms with Gasteiger partial charge in [0.15, 0.2) is 0 Å². The number of benzene rings is 2. The van der Waals surface area contributed by atoms with Gasteiger partial charge >= 0.3 is 0 Å². The maximum absolute atomic E-state index is 11.8. The van der Waals surface area contributed by atoms with Crippen LogP contribution in [0.3, 0.4) is 0 Å². The van der Waals surface area contributed by atoms with Crippen molar-refractivity contribution in [3.05, 3.63) is 53.1 Å². The van der Waals surface area contributed by atoms with Gasteiger partial charge in [0.25, 0.3) is 5.91 Å². The summed E-state index contributed by atoms with van der Waals surface area (Å²) in [6, 6.07) is 12.7. The number of fused-ring (bicyclic) bond motifs is 1. The predicted molar refractivity (Wildman–Crippen MR) is 84.4 cm³/mol. The van der Waals surface area contributed by atoms with Crippen LogP contribution in [0.4, 0.5) is 5.69 Å². The van der Waals surface area contributed by atoms with Crippen molar-refractivity contribution in [2.45, 2.75) is 20.5 Å². The summed E-state index contributed by atoms with van der Waals surface area (Å²) in [6.45, 7) is 4.86. The molecule has 0 saturated heterocycles. The molecule has 108 valence electrons. The van der Waals surface area contributed by atoms with E-state index in [2.05, 4.69) is 44.2 Å². The number of hydrogen-bond acceptors (Lipinski definition) is 2. The van der Waals surface area contributed by atoms with Crippen molar-refractivity contribution >= 4 is 11.6 Å². The molecule has 3 rings (SSSR count). The Kier molecular flexibility index (Phi) is 3.52. The van der Waals surface area contributed by atoms with Gasteiger partial charge < -0.3 is 9.64 Å². The number of carbonyl (C=O) groups excluding carboxylic acids is 1. The zero-order valence-corrected chi connectivity index (χ0v) is 12.6. The molecule has 0 atom stereocenters. The van der Waals surface area contributed by atoms with Crippen LogP contribution in [0.1, 0.15) is 16.7 Å². The topological polar surface area (TPSA) is 29.5 Å². The van der Waals surface area contributed by atoms with Crippen LogP contribution < -0.4 is 4.90 Å². The van der Waals surface area contributed by atoms with Gasteiger partial charge in [-0.3, -0.25) is 4.79 Å². The molecule has 1 heterocycles. The molecule has 21 heavy (non-hydrogen) atoms. The van der Waals surface area contributed by atoms with Gasteiger partial charge in [0.05, 0.1) is 6.61 Å². The number of hydrogen-bond donors (Lipinski definition) is 0. The van der Waals surface area contributed by atoms with E-state index in [1.165, 1.54) is 16.7 Å². The van der Waals surface area contributed by atoms with Crippen molar-refractivity contribution in [3.63, 3.8) is 0 Å². The molecule has 1 amide bonds. The highest BCUT2D eigenvalue weighted by atomic mass is 16.5.